The van der Waals surface area contributed by atoms with Crippen LogP contribution in [0.3, 0.4) is 0 Å². The fourth-order valence-electron chi connectivity index (χ4n) is 1.77. The molecule has 0 bridgehead atoms. The molecule has 0 spiro atoms. The Morgan fingerprint density at radius 3 is 2.75 bits per heavy atom. The number of fused-ring (bicyclic) bond motifs is 1. The first-order valence-corrected chi connectivity index (χ1v) is 5.63. The standard InChI is InChI=1S/C13H11F2N3O2/c14-12(15)20-11-6-5-8-3-1-2-4-9(8)10(11)7-17-18-13(16)19/h1-7,12H,(H3,16,18,19)/b17-7-. The molecule has 0 aliphatic heterocycles. The number of hydrogen-bond acceptors (Lipinski definition) is 3. The van der Waals surface area contributed by atoms with E-state index >= 15 is 0 Å². The van der Waals surface area contributed by atoms with E-state index < -0.39 is 12.6 Å². The molecule has 2 aromatic carbocycles. The van der Waals surface area contributed by atoms with Gasteiger partial charge in [0.25, 0.3) is 0 Å². The van der Waals surface area contributed by atoms with Gasteiger partial charge < -0.3 is 10.5 Å². The minimum Gasteiger partial charge on any atom is -0.434 e. The molecular weight excluding hydrogens is 268 g/mol. The molecule has 0 unspecified atom stereocenters. The summed E-state index contributed by atoms with van der Waals surface area (Å²) in [6.07, 6.45) is 1.21. The molecule has 2 rings (SSSR count). The quantitative estimate of drug-likeness (QED) is 0.666. The number of ether oxygens (including phenoxy) is 1. The number of nitrogens with one attached hydrogen (secondary N) is 1. The highest BCUT2D eigenvalue weighted by Crippen LogP contribution is 2.27. The van der Waals surface area contributed by atoms with Crippen molar-refractivity contribution in [3.8, 4) is 5.75 Å². The van der Waals surface area contributed by atoms with Gasteiger partial charge in [-0.25, -0.2) is 10.2 Å². The number of halogens is 2. The summed E-state index contributed by atoms with van der Waals surface area (Å²) in [5, 5.41) is 5.08. The average molecular weight is 279 g/mol. The molecule has 0 aliphatic rings. The van der Waals surface area contributed by atoms with E-state index in [9.17, 15) is 13.6 Å². The summed E-state index contributed by atoms with van der Waals surface area (Å²) >= 11 is 0. The number of benzene rings is 2. The summed E-state index contributed by atoms with van der Waals surface area (Å²) < 4.78 is 29.2. The Bertz CT molecular complexity index is 659. The van der Waals surface area contributed by atoms with Crippen LogP contribution in [0, 0.1) is 0 Å². The zero-order chi connectivity index (χ0) is 14.5. The Balaban J connectivity index is 2.49. The number of nitrogens with two attached hydrogens (primary N) is 1. The van der Waals surface area contributed by atoms with Crippen LogP contribution in [0.1, 0.15) is 5.56 Å². The monoisotopic (exact) mass is 279 g/mol. The molecule has 0 fully saturated rings. The molecule has 3 N–H and O–H groups in total. The minimum atomic E-state index is -2.95. The molecule has 0 saturated carbocycles. The number of carbonyl (C=O) groups excluding carboxylic acids is 1. The van der Waals surface area contributed by atoms with Gasteiger partial charge in [-0.1, -0.05) is 30.3 Å². The number of nitrogens with zero attached hydrogens (tertiary/aromatic N) is 1. The molecule has 0 aromatic heterocycles. The second-order valence-electron chi connectivity index (χ2n) is 3.81. The van der Waals surface area contributed by atoms with Gasteiger partial charge in [0.1, 0.15) is 5.75 Å². The van der Waals surface area contributed by atoms with Gasteiger partial charge in [-0.15, -0.1) is 0 Å². The molecule has 104 valence electrons. The van der Waals surface area contributed by atoms with Crippen LogP contribution in [0.5, 0.6) is 5.75 Å². The summed E-state index contributed by atoms with van der Waals surface area (Å²) in [5.74, 6) is -0.0336. The zero-order valence-electron chi connectivity index (χ0n) is 10.2. The van der Waals surface area contributed by atoms with Gasteiger partial charge in [-0.05, 0) is 16.8 Å². The third-order valence-corrected chi connectivity index (χ3v) is 2.52. The number of hydrazone groups is 1. The largest absolute Gasteiger partial charge is 0.434 e. The fourth-order valence-corrected chi connectivity index (χ4v) is 1.77. The first-order chi connectivity index (χ1) is 9.58. The van der Waals surface area contributed by atoms with E-state index in [1.807, 2.05) is 17.6 Å². The van der Waals surface area contributed by atoms with E-state index in [-0.39, 0.29) is 5.75 Å². The van der Waals surface area contributed by atoms with Crippen LogP contribution in [0.2, 0.25) is 0 Å². The predicted molar refractivity (Wildman–Crippen MR) is 70.9 cm³/mol. The van der Waals surface area contributed by atoms with Crippen molar-refractivity contribution in [2.75, 3.05) is 0 Å². The maximum Gasteiger partial charge on any atom is 0.387 e. The highest BCUT2D eigenvalue weighted by Gasteiger charge is 2.11. The second kappa shape index (κ2) is 5.96. The molecular formula is C13H11F2N3O2. The van der Waals surface area contributed by atoms with Crippen molar-refractivity contribution in [3.05, 3.63) is 42.0 Å². The van der Waals surface area contributed by atoms with Crippen LogP contribution in [0.25, 0.3) is 10.8 Å². The van der Waals surface area contributed by atoms with Gasteiger partial charge in [0.15, 0.2) is 0 Å². The van der Waals surface area contributed by atoms with Crippen molar-refractivity contribution in [2.24, 2.45) is 10.8 Å². The van der Waals surface area contributed by atoms with Crippen molar-refractivity contribution >= 4 is 23.0 Å². The normalized spacial score (nSPS) is 11.2. The molecule has 0 heterocycles. The summed E-state index contributed by atoms with van der Waals surface area (Å²) in [5.41, 5.74) is 7.21. The van der Waals surface area contributed by atoms with E-state index in [2.05, 4.69) is 9.84 Å². The Morgan fingerprint density at radius 1 is 1.30 bits per heavy atom. The average Bonchev–Trinajstić information content (AvgIpc) is 2.40. The summed E-state index contributed by atoms with van der Waals surface area (Å²) in [6, 6.07) is 9.36. The van der Waals surface area contributed by atoms with E-state index in [1.165, 1.54) is 12.3 Å². The topological polar surface area (TPSA) is 76.7 Å². The molecule has 0 saturated heterocycles. The number of alkyl halides is 2. The molecule has 7 heteroatoms. The van der Waals surface area contributed by atoms with Crippen molar-refractivity contribution in [3.63, 3.8) is 0 Å². The third kappa shape index (κ3) is 3.19. The third-order valence-electron chi connectivity index (χ3n) is 2.52. The fraction of sp³-hybridized carbons (Fsp3) is 0.0769. The number of primary amides is 1. The number of rotatable bonds is 4. The van der Waals surface area contributed by atoms with Crippen molar-refractivity contribution < 1.29 is 18.3 Å². The Hall–Kier alpha value is -2.70. The highest BCUT2D eigenvalue weighted by atomic mass is 19.3. The summed E-state index contributed by atoms with van der Waals surface area (Å²) in [6.45, 7) is -2.95. The second-order valence-corrected chi connectivity index (χ2v) is 3.81. The molecule has 5 nitrogen and oxygen atoms in total. The Kier molecular flexibility index (Phi) is 4.09. The van der Waals surface area contributed by atoms with Crippen LogP contribution in [0.4, 0.5) is 13.6 Å². The number of carbonyl (C=O) groups is 1. The summed E-state index contributed by atoms with van der Waals surface area (Å²) in [4.78, 5) is 10.6. The van der Waals surface area contributed by atoms with Gasteiger partial charge >= 0.3 is 12.6 Å². The van der Waals surface area contributed by atoms with Gasteiger partial charge in [-0.2, -0.15) is 13.9 Å². The molecule has 0 radical (unpaired) electrons. The lowest BCUT2D eigenvalue weighted by Gasteiger charge is -2.10. The minimum absolute atomic E-state index is 0.0336. The van der Waals surface area contributed by atoms with E-state index in [0.717, 1.165) is 5.39 Å². The van der Waals surface area contributed by atoms with Crippen LogP contribution in [0.15, 0.2) is 41.5 Å². The van der Waals surface area contributed by atoms with Gasteiger partial charge in [0.2, 0.25) is 0 Å². The molecule has 2 aromatic rings. The van der Waals surface area contributed by atoms with Crippen molar-refractivity contribution in [2.45, 2.75) is 6.61 Å². The Labute approximate surface area is 113 Å². The first-order valence-electron chi connectivity index (χ1n) is 5.63. The van der Waals surface area contributed by atoms with Gasteiger partial charge in [0.05, 0.1) is 6.21 Å². The molecule has 0 atom stereocenters. The summed E-state index contributed by atoms with van der Waals surface area (Å²) in [7, 11) is 0. The van der Waals surface area contributed by atoms with Crippen LogP contribution >= 0.6 is 0 Å². The predicted octanol–water partition coefficient (Wildman–Crippen LogP) is 2.44. The van der Waals surface area contributed by atoms with E-state index in [1.54, 1.807) is 18.2 Å². The lowest BCUT2D eigenvalue weighted by atomic mass is 10.0. The van der Waals surface area contributed by atoms with Crippen LogP contribution in [-0.2, 0) is 0 Å². The number of hydrogen-bond donors (Lipinski definition) is 2. The van der Waals surface area contributed by atoms with Crippen LogP contribution < -0.4 is 15.9 Å². The lowest BCUT2D eigenvalue weighted by Crippen LogP contribution is -2.24. The molecule has 2 amide bonds. The Morgan fingerprint density at radius 2 is 2.05 bits per heavy atom. The first kappa shape index (κ1) is 13.7. The SMILES string of the molecule is NC(=O)N/N=C\c1c(OC(F)F)ccc2ccccc12. The number of urea groups is 1. The number of amides is 2. The maximum absolute atomic E-state index is 12.4. The van der Waals surface area contributed by atoms with Gasteiger partial charge in [0, 0.05) is 5.56 Å². The zero-order valence-corrected chi connectivity index (χ0v) is 10.2. The lowest BCUT2D eigenvalue weighted by molar-refractivity contribution is -0.0498. The maximum atomic E-state index is 12.4. The van der Waals surface area contributed by atoms with Crippen LogP contribution in [-0.4, -0.2) is 18.9 Å². The van der Waals surface area contributed by atoms with Gasteiger partial charge in [-0.3, -0.25) is 0 Å². The highest BCUT2D eigenvalue weighted by molar-refractivity contribution is 6.02. The molecule has 0 aliphatic carbocycles. The molecule has 20 heavy (non-hydrogen) atoms. The van der Waals surface area contributed by atoms with E-state index in [0.29, 0.717) is 10.9 Å². The van der Waals surface area contributed by atoms with Crippen molar-refractivity contribution in [1.29, 1.82) is 0 Å². The van der Waals surface area contributed by atoms with Crippen molar-refractivity contribution in [1.82, 2.24) is 5.43 Å². The smallest absolute Gasteiger partial charge is 0.387 e. The van der Waals surface area contributed by atoms with E-state index in [4.69, 9.17) is 5.73 Å².